The summed E-state index contributed by atoms with van der Waals surface area (Å²) in [5, 5.41) is 0. The first-order valence-electron chi connectivity index (χ1n) is 5.24. The van der Waals surface area contributed by atoms with Gasteiger partial charge in [-0.1, -0.05) is 0 Å². The van der Waals surface area contributed by atoms with Crippen molar-refractivity contribution in [1.82, 2.24) is 4.98 Å². The highest BCUT2D eigenvalue weighted by Crippen LogP contribution is 2.33. The van der Waals surface area contributed by atoms with Crippen LogP contribution in [-0.2, 0) is 15.1 Å². The molecular formula is C12H12FNO4. The molecule has 0 aliphatic heterocycles. The number of nitrogens with zero attached hydrogens (tertiary/aromatic N) is 1. The summed E-state index contributed by atoms with van der Waals surface area (Å²) in [7, 11) is 1.51. The predicted molar refractivity (Wildman–Crippen MR) is 60.7 cm³/mol. The van der Waals surface area contributed by atoms with Gasteiger partial charge in [0.05, 0.1) is 0 Å². The molecule has 2 aromatic rings. The van der Waals surface area contributed by atoms with Crippen molar-refractivity contribution in [2.24, 2.45) is 0 Å². The van der Waals surface area contributed by atoms with Gasteiger partial charge >= 0.3 is 0 Å². The van der Waals surface area contributed by atoms with Crippen molar-refractivity contribution in [1.29, 1.82) is 0 Å². The topological polar surface area (TPSA) is 61.6 Å². The molecule has 0 aliphatic rings. The number of hydrogen-bond acceptors (Lipinski definition) is 5. The van der Waals surface area contributed by atoms with Gasteiger partial charge in [0.2, 0.25) is 17.2 Å². The van der Waals surface area contributed by atoms with Gasteiger partial charge in [-0.3, -0.25) is 4.79 Å². The Morgan fingerprint density at radius 1 is 1.44 bits per heavy atom. The second-order valence-electron chi connectivity index (χ2n) is 4.17. The number of rotatable bonds is 4. The van der Waals surface area contributed by atoms with Gasteiger partial charge < -0.3 is 13.9 Å². The van der Waals surface area contributed by atoms with E-state index in [0.29, 0.717) is 5.52 Å². The minimum absolute atomic E-state index is 0.0854. The third-order valence-electron chi connectivity index (χ3n) is 2.66. The van der Waals surface area contributed by atoms with Crippen LogP contribution in [0.2, 0.25) is 0 Å². The summed E-state index contributed by atoms with van der Waals surface area (Å²) >= 11 is 0. The molecule has 1 heterocycles. The minimum Gasteiger partial charge on any atom is -0.433 e. The number of carbonyl (C=O) groups excluding carboxylic acids is 1. The van der Waals surface area contributed by atoms with Crippen LogP contribution < -0.4 is 4.74 Å². The molecule has 0 unspecified atom stereocenters. The number of halogens is 1. The molecule has 0 aliphatic carbocycles. The first-order valence-corrected chi connectivity index (χ1v) is 5.24. The molecule has 0 N–H and O–H groups in total. The van der Waals surface area contributed by atoms with Crippen LogP contribution in [0.3, 0.4) is 0 Å². The third-order valence-corrected chi connectivity index (χ3v) is 2.66. The Bertz CT molecular complexity index is 591. The van der Waals surface area contributed by atoms with Crippen LogP contribution in [0.25, 0.3) is 11.1 Å². The van der Waals surface area contributed by atoms with Crippen molar-refractivity contribution in [2.45, 2.75) is 19.4 Å². The van der Waals surface area contributed by atoms with E-state index in [0.717, 1.165) is 6.07 Å². The molecule has 0 saturated heterocycles. The smallest absolute Gasteiger partial charge is 0.298 e. The second kappa shape index (κ2) is 4.38. The van der Waals surface area contributed by atoms with Crippen LogP contribution in [-0.4, -0.2) is 18.6 Å². The van der Waals surface area contributed by atoms with Gasteiger partial charge in [-0.25, -0.2) is 9.37 Å². The fraction of sp³-hybridized carbons (Fsp3) is 0.333. The highest BCUT2D eigenvalue weighted by atomic mass is 19.1. The molecule has 5 nitrogen and oxygen atoms in total. The van der Waals surface area contributed by atoms with Gasteiger partial charge in [0, 0.05) is 7.11 Å². The number of carbonyl (C=O) groups is 1. The number of methoxy groups -OCH3 is 1. The molecule has 2 rings (SSSR count). The van der Waals surface area contributed by atoms with Crippen molar-refractivity contribution >= 4 is 17.6 Å². The summed E-state index contributed by atoms with van der Waals surface area (Å²) in [5.41, 5.74) is -0.274. The summed E-state index contributed by atoms with van der Waals surface area (Å²) in [4.78, 5) is 14.5. The zero-order valence-corrected chi connectivity index (χ0v) is 10.2. The molecule has 18 heavy (non-hydrogen) atoms. The Hall–Kier alpha value is -1.95. The van der Waals surface area contributed by atoms with Crippen molar-refractivity contribution < 1.29 is 23.1 Å². The van der Waals surface area contributed by atoms with E-state index in [1.165, 1.54) is 13.2 Å². The Morgan fingerprint density at radius 2 is 2.17 bits per heavy atom. The number of hydrogen-bond donors (Lipinski definition) is 0. The van der Waals surface area contributed by atoms with Crippen LogP contribution in [0.4, 0.5) is 4.39 Å². The molecule has 96 valence electrons. The van der Waals surface area contributed by atoms with E-state index < -0.39 is 11.4 Å². The quantitative estimate of drug-likeness (QED) is 0.783. The lowest BCUT2D eigenvalue weighted by molar-refractivity contribution is -0.120. The van der Waals surface area contributed by atoms with E-state index >= 15 is 0 Å². The SMILES string of the molecule is COC(C)(C)c1nc2ccc(F)c(OC=O)c2o1. The summed E-state index contributed by atoms with van der Waals surface area (Å²) in [6, 6.07) is 2.61. The molecule has 6 heteroatoms. The standard InChI is InChI=1S/C12H12FNO4/c1-12(2,16-3)11-14-8-5-4-7(13)9(17-6-15)10(8)18-11/h4-6H,1-3H3. The summed E-state index contributed by atoms with van der Waals surface area (Å²) in [6.45, 7) is 3.66. The minimum atomic E-state index is -0.756. The molecular weight excluding hydrogens is 241 g/mol. The van der Waals surface area contributed by atoms with E-state index in [-0.39, 0.29) is 23.7 Å². The van der Waals surface area contributed by atoms with E-state index in [9.17, 15) is 9.18 Å². The zero-order valence-electron chi connectivity index (χ0n) is 10.2. The molecule has 0 fully saturated rings. The highest BCUT2D eigenvalue weighted by Gasteiger charge is 2.27. The van der Waals surface area contributed by atoms with Gasteiger partial charge in [-0.2, -0.15) is 0 Å². The zero-order chi connectivity index (χ0) is 13.3. The first kappa shape index (κ1) is 12.5. The van der Waals surface area contributed by atoms with Crippen molar-refractivity contribution in [3.05, 3.63) is 23.8 Å². The molecule has 1 aromatic carbocycles. The van der Waals surface area contributed by atoms with Crippen LogP contribution in [0.15, 0.2) is 16.5 Å². The van der Waals surface area contributed by atoms with Gasteiger partial charge in [0.1, 0.15) is 11.1 Å². The average molecular weight is 253 g/mol. The fourth-order valence-electron chi connectivity index (χ4n) is 1.45. The summed E-state index contributed by atoms with van der Waals surface area (Å²) < 4.78 is 28.7. The Morgan fingerprint density at radius 3 is 2.78 bits per heavy atom. The van der Waals surface area contributed by atoms with E-state index in [2.05, 4.69) is 9.72 Å². The molecule has 0 radical (unpaired) electrons. The van der Waals surface area contributed by atoms with Gasteiger partial charge in [0.25, 0.3) is 6.47 Å². The van der Waals surface area contributed by atoms with Crippen molar-refractivity contribution in [3.8, 4) is 5.75 Å². The summed E-state index contributed by atoms with van der Waals surface area (Å²) in [6.07, 6.45) is 0. The van der Waals surface area contributed by atoms with E-state index in [1.54, 1.807) is 13.8 Å². The molecule has 0 atom stereocenters. The van der Waals surface area contributed by atoms with Crippen LogP contribution in [0, 0.1) is 5.82 Å². The van der Waals surface area contributed by atoms with Crippen molar-refractivity contribution in [3.63, 3.8) is 0 Å². The van der Waals surface area contributed by atoms with E-state index in [1.807, 2.05) is 0 Å². The van der Waals surface area contributed by atoms with Crippen molar-refractivity contribution in [2.75, 3.05) is 7.11 Å². The maximum Gasteiger partial charge on any atom is 0.298 e. The monoisotopic (exact) mass is 253 g/mol. The first-order chi connectivity index (χ1) is 8.49. The van der Waals surface area contributed by atoms with Crippen LogP contribution in [0.1, 0.15) is 19.7 Å². The predicted octanol–water partition coefficient (Wildman–Crippen LogP) is 2.38. The van der Waals surface area contributed by atoms with Gasteiger partial charge in [0.15, 0.2) is 5.82 Å². The Kier molecular flexibility index (Phi) is 3.04. The maximum atomic E-state index is 13.5. The molecule has 0 amide bonds. The number of ether oxygens (including phenoxy) is 2. The molecule has 0 spiro atoms. The number of benzene rings is 1. The maximum absolute atomic E-state index is 13.5. The Balaban J connectivity index is 2.64. The summed E-state index contributed by atoms with van der Waals surface area (Å²) in [5.74, 6) is -0.679. The average Bonchev–Trinajstić information content (AvgIpc) is 2.78. The molecule has 1 aromatic heterocycles. The number of oxazole rings is 1. The number of fused-ring (bicyclic) bond motifs is 1. The van der Waals surface area contributed by atoms with Crippen LogP contribution >= 0.6 is 0 Å². The third kappa shape index (κ3) is 1.95. The largest absolute Gasteiger partial charge is 0.433 e. The highest BCUT2D eigenvalue weighted by molar-refractivity contribution is 5.81. The molecule has 0 bridgehead atoms. The lowest BCUT2D eigenvalue weighted by Crippen LogP contribution is -2.19. The van der Waals surface area contributed by atoms with Crippen LogP contribution in [0.5, 0.6) is 5.75 Å². The lowest BCUT2D eigenvalue weighted by atomic mass is 10.1. The van der Waals surface area contributed by atoms with E-state index in [4.69, 9.17) is 9.15 Å². The Labute approximate surface area is 103 Å². The van der Waals surface area contributed by atoms with Gasteiger partial charge in [-0.15, -0.1) is 0 Å². The second-order valence-corrected chi connectivity index (χ2v) is 4.17. The molecule has 0 saturated carbocycles. The number of aromatic nitrogens is 1. The van der Waals surface area contributed by atoms with Gasteiger partial charge in [-0.05, 0) is 26.0 Å². The fourth-order valence-corrected chi connectivity index (χ4v) is 1.45. The lowest BCUT2D eigenvalue weighted by Gasteiger charge is -2.17. The normalized spacial score (nSPS) is 11.8.